The highest BCUT2D eigenvalue weighted by Crippen LogP contribution is 2.19. The van der Waals surface area contributed by atoms with E-state index in [1.165, 1.54) is 0 Å². The number of nitrogens with one attached hydrogen (secondary N) is 2. The molecule has 0 bridgehead atoms. The Balaban J connectivity index is 2.44. The first kappa shape index (κ1) is 13.3. The van der Waals surface area contributed by atoms with E-state index in [1.54, 1.807) is 12.1 Å². The molecule has 4 nitrogen and oxygen atoms in total. The van der Waals surface area contributed by atoms with Crippen LogP contribution in [0.25, 0.3) is 0 Å². The summed E-state index contributed by atoms with van der Waals surface area (Å²) >= 11 is 5.92. The molecule has 2 N–H and O–H groups in total. The Morgan fingerprint density at radius 3 is 2.82 bits per heavy atom. The molecule has 17 heavy (non-hydrogen) atoms. The number of nitrogens with zero attached hydrogens (tertiary/aromatic N) is 1. The van der Waals surface area contributed by atoms with Crippen LogP contribution in [0.15, 0.2) is 24.3 Å². The molecule has 1 aromatic carbocycles. The monoisotopic (exact) mass is 251 g/mol. The number of hydrogen-bond acceptors (Lipinski definition) is 3. The Hall–Kier alpha value is -1.73. The molecule has 0 aliphatic rings. The summed E-state index contributed by atoms with van der Waals surface area (Å²) in [7, 11) is 0. The van der Waals surface area contributed by atoms with Gasteiger partial charge in [-0.1, -0.05) is 30.7 Å². The van der Waals surface area contributed by atoms with Crippen molar-refractivity contribution in [3.8, 4) is 6.07 Å². The first-order chi connectivity index (χ1) is 8.17. The number of para-hydroxylation sites is 1. The van der Waals surface area contributed by atoms with Gasteiger partial charge in [0.25, 0.3) is 0 Å². The van der Waals surface area contributed by atoms with Crippen molar-refractivity contribution in [1.29, 1.82) is 5.26 Å². The fourth-order valence-electron chi connectivity index (χ4n) is 1.25. The maximum absolute atomic E-state index is 11.5. The molecule has 1 unspecified atom stereocenters. The number of anilines is 1. The molecule has 1 rings (SSSR count). The molecule has 0 saturated heterocycles. The molecule has 0 saturated carbocycles. The van der Waals surface area contributed by atoms with Gasteiger partial charge in [-0.3, -0.25) is 4.79 Å². The van der Waals surface area contributed by atoms with Gasteiger partial charge < -0.3 is 10.6 Å². The summed E-state index contributed by atoms with van der Waals surface area (Å²) in [4.78, 5) is 11.5. The highest BCUT2D eigenvalue weighted by Gasteiger charge is 2.08. The van der Waals surface area contributed by atoms with E-state index in [0.717, 1.165) is 0 Å². The molecular weight excluding hydrogens is 238 g/mol. The van der Waals surface area contributed by atoms with Gasteiger partial charge in [-0.15, -0.1) is 0 Å². The van der Waals surface area contributed by atoms with Gasteiger partial charge in [0.1, 0.15) is 6.04 Å². The molecule has 1 atom stereocenters. The number of halogens is 1. The van der Waals surface area contributed by atoms with E-state index < -0.39 is 6.04 Å². The number of benzene rings is 1. The zero-order valence-electron chi connectivity index (χ0n) is 9.53. The second-order valence-electron chi connectivity index (χ2n) is 3.49. The molecule has 0 radical (unpaired) electrons. The van der Waals surface area contributed by atoms with Crippen molar-refractivity contribution in [3.05, 3.63) is 29.3 Å². The van der Waals surface area contributed by atoms with E-state index in [9.17, 15) is 4.79 Å². The molecule has 0 fully saturated rings. The summed E-state index contributed by atoms with van der Waals surface area (Å²) in [6.07, 6.45) is 0.592. The lowest BCUT2D eigenvalue weighted by Crippen LogP contribution is -2.37. The van der Waals surface area contributed by atoms with Crippen LogP contribution in [0, 0.1) is 11.3 Å². The Morgan fingerprint density at radius 2 is 2.24 bits per heavy atom. The van der Waals surface area contributed by atoms with Gasteiger partial charge in [-0.05, 0) is 18.6 Å². The summed E-state index contributed by atoms with van der Waals surface area (Å²) in [5.74, 6) is -0.224. The summed E-state index contributed by atoms with van der Waals surface area (Å²) in [5.41, 5.74) is 0.703. The lowest BCUT2D eigenvalue weighted by Gasteiger charge is -2.11. The second kappa shape index (κ2) is 6.77. The number of hydrogen-bond donors (Lipinski definition) is 2. The summed E-state index contributed by atoms with van der Waals surface area (Å²) < 4.78 is 0. The number of rotatable bonds is 5. The second-order valence-corrected chi connectivity index (χ2v) is 3.90. The maximum atomic E-state index is 11.5. The third-order valence-corrected chi connectivity index (χ3v) is 2.54. The predicted molar refractivity (Wildman–Crippen MR) is 67.8 cm³/mol. The molecule has 90 valence electrons. The van der Waals surface area contributed by atoms with Crippen molar-refractivity contribution in [2.24, 2.45) is 0 Å². The van der Waals surface area contributed by atoms with Gasteiger partial charge in [0.15, 0.2) is 0 Å². The topological polar surface area (TPSA) is 64.9 Å². The average Bonchev–Trinajstić information content (AvgIpc) is 2.35. The van der Waals surface area contributed by atoms with E-state index >= 15 is 0 Å². The molecule has 0 aromatic heterocycles. The van der Waals surface area contributed by atoms with Gasteiger partial charge in [0.05, 0.1) is 23.3 Å². The molecule has 0 aliphatic carbocycles. The first-order valence-corrected chi connectivity index (χ1v) is 5.72. The zero-order chi connectivity index (χ0) is 12.7. The Bertz CT molecular complexity index is 428. The summed E-state index contributed by atoms with van der Waals surface area (Å²) in [6.45, 7) is 1.94. The van der Waals surface area contributed by atoms with Crippen LogP contribution in [0.5, 0.6) is 0 Å². The van der Waals surface area contributed by atoms with Crippen molar-refractivity contribution >= 4 is 23.2 Å². The quantitative estimate of drug-likeness (QED) is 0.843. The van der Waals surface area contributed by atoms with Crippen LogP contribution in [0.3, 0.4) is 0 Å². The first-order valence-electron chi connectivity index (χ1n) is 5.34. The van der Waals surface area contributed by atoms with E-state index in [1.807, 2.05) is 25.1 Å². The zero-order valence-corrected chi connectivity index (χ0v) is 10.3. The van der Waals surface area contributed by atoms with Gasteiger partial charge in [0, 0.05) is 0 Å². The third-order valence-electron chi connectivity index (χ3n) is 2.21. The third kappa shape index (κ3) is 4.33. The fourth-order valence-corrected chi connectivity index (χ4v) is 1.45. The van der Waals surface area contributed by atoms with Crippen LogP contribution in [0.2, 0.25) is 5.02 Å². The van der Waals surface area contributed by atoms with E-state index in [-0.39, 0.29) is 12.5 Å². The van der Waals surface area contributed by atoms with E-state index in [2.05, 4.69) is 10.6 Å². The standard InChI is InChI=1S/C12H14ClN3O/c1-2-9(7-14)16-12(17)8-15-11-6-4-3-5-10(11)13/h3-6,9,15H,2,8H2,1H3,(H,16,17). The minimum Gasteiger partial charge on any atom is -0.375 e. The Morgan fingerprint density at radius 1 is 1.53 bits per heavy atom. The lowest BCUT2D eigenvalue weighted by atomic mass is 10.2. The van der Waals surface area contributed by atoms with Crippen molar-refractivity contribution < 1.29 is 4.79 Å². The maximum Gasteiger partial charge on any atom is 0.240 e. The minimum absolute atomic E-state index is 0.0991. The summed E-state index contributed by atoms with van der Waals surface area (Å²) in [6, 6.07) is 8.75. The molecular formula is C12H14ClN3O. The molecule has 0 aliphatic heterocycles. The smallest absolute Gasteiger partial charge is 0.240 e. The molecule has 0 heterocycles. The van der Waals surface area contributed by atoms with Crippen LogP contribution in [0.1, 0.15) is 13.3 Å². The average molecular weight is 252 g/mol. The summed E-state index contributed by atoms with van der Waals surface area (Å²) in [5, 5.41) is 14.8. The van der Waals surface area contributed by atoms with Gasteiger partial charge >= 0.3 is 0 Å². The SMILES string of the molecule is CCC(C#N)NC(=O)CNc1ccccc1Cl. The van der Waals surface area contributed by atoms with Crippen molar-refractivity contribution in [2.75, 3.05) is 11.9 Å². The highest BCUT2D eigenvalue weighted by molar-refractivity contribution is 6.33. The van der Waals surface area contributed by atoms with Gasteiger partial charge in [-0.2, -0.15) is 5.26 Å². The van der Waals surface area contributed by atoms with Gasteiger partial charge in [-0.25, -0.2) is 0 Å². The normalized spacial score (nSPS) is 11.4. The van der Waals surface area contributed by atoms with Crippen LogP contribution in [-0.2, 0) is 4.79 Å². The van der Waals surface area contributed by atoms with Crippen LogP contribution < -0.4 is 10.6 Å². The van der Waals surface area contributed by atoms with Crippen LogP contribution >= 0.6 is 11.6 Å². The number of carbonyl (C=O) groups excluding carboxylic acids is 1. The fraction of sp³-hybridized carbons (Fsp3) is 0.333. The molecule has 1 amide bonds. The van der Waals surface area contributed by atoms with Crippen molar-refractivity contribution in [3.63, 3.8) is 0 Å². The largest absolute Gasteiger partial charge is 0.375 e. The molecule has 1 aromatic rings. The lowest BCUT2D eigenvalue weighted by molar-refractivity contribution is -0.119. The predicted octanol–water partition coefficient (Wildman–Crippen LogP) is 2.17. The van der Waals surface area contributed by atoms with Crippen molar-refractivity contribution in [2.45, 2.75) is 19.4 Å². The van der Waals surface area contributed by atoms with Crippen LogP contribution in [-0.4, -0.2) is 18.5 Å². The Kier molecular flexibility index (Phi) is 5.31. The van der Waals surface area contributed by atoms with E-state index in [0.29, 0.717) is 17.1 Å². The molecule has 0 spiro atoms. The molecule has 5 heteroatoms. The van der Waals surface area contributed by atoms with Crippen molar-refractivity contribution in [1.82, 2.24) is 5.32 Å². The minimum atomic E-state index is -0.435. The highest BCUT2D eigenvalue weighted by atomic mass is 35.5. The number of amides is 1. The van der Waals surface area contributed by atoms with E-state index in [4.69, 9.17) is 16.9 Å². The Labute approximate surface area is 106 Å². The number of nitriles is 1. The van der Waals surface area contributed by atoms with Crippen LogP contribution in [0.4, 0.5) is 5.69 Å². The van der Waals surface area contributed by atoms with Gasteiger partial charge in [0.2, 0.25) is 5.91 Å². The number of carbonyl (C=O) groups is 1.